The summed E-state index contributed by atoms with van der Waals surface area (Å²) in [6.07, 6.45) is 4.45. The molecule has 0 radical (unpaired) electrons. The van der Waals surface area contributed by atoms with Gasteiger partial charge in [0.15, 0.2) is 5.82 Å². The Morgan fingerprint density at radius 2 is 1.95 bits per heavy atom. The van der Waals surface area contributed by atoms with Gasteiger partial charge in [0.1, 0.15) is 0 Å². The van der Waals surface area contributed by atoms with Crippen molar-refractivity contribution in [2.24, 2.45) is 0 Å². The molecule has 0 aliphatic heterocycles. The molecule has 0 amide bonds. The topological polar surface area (TPSA) is 63.2 Å². The minimum absolute atomic E-state index is 0.115. The molecule has 0 saturated heterocycles. The number of hydrogen-bond donors (Lipinski definition) is 0. The van der Waals surface area contributed by atoms with E-state index < -0.39 is 20.9 Å². The third-order valence-corrected chi connectivity index (χ3v) is 4.87. The van der Waals surface area contributed by atoms with Gasteiger partial charge < -0.3 is 0 Å². The van der Waals surface area contributed by atoms with Gasteiger partial charge in [-0.15, -0.1) is 0 Å². The van der Waals surface area contributed by atoms with E-state index in [-0.39, 0.29) is 12.6 Å². The van der Waals surface area contributed by atoms with Crippen molar-refractivity contribution in [1.82, 2.24) is 14.3 Å². The molecular formula is C14H16FN3O2S. The Labute approximate surface area is 123 Å². The van der Waals surface area contributed by atoms with Crippen molar-refractivity contribution < 1.29 is 12.8 Å². The van der Waals surface area contributed by atoms with Crippen LogP contribution in [0.1, 0.15) is 19.4 Å². The van der Waals surface area contributed by atoms with E-state index in [1.807, 2.05) is 0 Å². The van der Waals surface area contributed by atoms with Crippen LogP contribution in [0.2, 0.25) is 0 Å². The third kappa shape index (κ3) is 3.43. The van der Waals surface area contributed by atoms with Crippen LogP contribution in [-0.2, 0) is 16.6 Å². The highest BCUT2D eigenvalue weighted by molar-refractivity contribution is 7.89. The van der Waals surface area contributed by atoms with E-state index in [9.17, 15) is 12.8 Å². The van der Waals surface area contributed by atoms with Crippen LogP contribution in [0, 0.1) is 5.82 Å². The first-order valence-electron chi connectivity index (χ1n) is 6.44. The molecule has 21 heavy (non-hydrogen) atoms. The van der Waals surface area contributed by atoms with E-state index in [2.05, 4.69) is 9.97 Å². The largest absolute Gasteiger partial charge is 0.264 e. The Kier molecular flexibility index (Phi) is 4.64. The van der Waals surface area contributed by atoms with Gasteiger partial charge >= 0.3 is 0 Å². The number of sulfonamides is 1. The van der Waals surface area contributed by atoms with Gasteiger partial charge in [-0.1, -0.05) is 6.07 Å². The molecule has 0 saturated carbocycles. The van der Waals surface area contributed by atoms with Gasteiger partial charge in [0.05, 0.1) is 0 Å². The van der Waals surface area contributed by atoms with Gasteiger partial charge in [-0.05, 0) is 37.6 Å². The molecule has 0 unspecified atom stereocenters. The maximum absolute atomic E-state index is 13.8. The second-order valence-corrected chi connectivity index (χ2v) is 6.60. The van der Waals surface area contributed by atoms with Crippen LogP contribution in [-0.4, -0.2) is 28.7 Å². The molecule has 0 N–H and O–H groups in total. The van der Waals surface area contributed by atoms with Gasteiger partial charge in [0.25, 0.3) is 10.0 Å². The highest BCUT2D eigenvalue weighted by Gasteiger charge is 2.30. The summed E-state index contributed by atoms with van der Waals surface area (Å²) in [6, 6.07) is 5.60. The van der Waals surface area contributed by atoms with Crippen LogP contribution in [0.4, 0.5) is 4.39 Å². The molecule has 0 spiro atoms. The van der Waals surface area contributed by atoms with Crippen LogP contribution in [0.3, 0.4) is 0 Å². The highest BCUT2D eigenvalue weighted by Crippen LogP contribution is 2.21. The number of hydrogen-bond acceptors (Lipinski definition) is 4. The Morgan fingerprint density at radius 3 is 2.52 bits per heavy atom. The zero-order valence-electron chi connectivity index (χ0n) is 11.8. The zero-order chi connectivity index (χ0) is 15.5. The molecule has 0 aliphatic carbocycles. The van der Waals surface area contributed by atoms with Crippen molar-refractivity contribution in [2.75, 3.05) is 0 Å². The molecular weight excluding hydrogens is 293 g/mol. The van der Waals surface area contributed by atoms with Crippen molar-refractivity contribution in [2.45, 2.75) is 31.5 Å². The van der Waals surface area contributed by atoms with Crippen LogP contribution >= 0.6 is 0 Å². The molecule has 112 valence electrons. The molecule has 2 heterocycles. The lowest BCUT2D eigenvalue weighted by Gasteiger charge is -2.25. The number of aromatic nitrogens is 2. The lowest BCUT2D eigenvalue weighted by atomic mass is 10.2. The SMILES string of the molecule is CC(C)N(Cc1cccnc1)S(=O)(=O)c1ncccc1F. The van der Waals surface area contributed by atoms with Gasteiger partial charge in [0.2, 0.25) is 5.03 Å². The normalized spacial score (nSPS) is 12.0. The Bertz CT molecular complexity index is 705. The molecule has 7 heteroatoms. The molecule has 0 bridgehead atoms. The lowest BCUT2D eigenvalue weighted by Crippen LogP contribution is -2.37. The van der Waals surface area contributed by atoms with Gasteiger partial charge in [-0.3, -0.25) is 4.98 Å². The minimum atomic E-state index is -4.01. The molecule has 0 aromatic carbocycles. The average Bonchev–Trinajstić information content (AvgIpc) is 2.45. The molecule has 2 rings (SSSR count). The fourth-order valence-corrected chi connectivity index (χ4v) is 3.49. The first kappa shape index (κ1) is 15.5. The summed E-state index contributed by atoms with van der Waals surface area (Å²) in [4.78, 5) is 7.63. The van der Waals surface area contributed by atoms with Crippen molar-refractivity contribution in [3.63, 3.8) is 0 Å². The monoisotopic (exact) mass is 309 g/mol. The first-order valence-corrected chi connectivity index (χ1v) is 7.88. The van der Waals surface area contributed by atoms with Crippen LogP contribution in [0.15, 0.2) is 47.9 Å². The summed E-state index contributed by atoms with van der Waals surface area (Å²) in [5.74, 6) is -0.852. The number of pyridine rings is 2. The van der Waals surface area contributed by atoms with Crippen LogP contribution in [0.5, 0.6) is 0 Å². The number of nitrogens with zero attached hydrogens (tertiary/aromatic N) is 3. The standard InChI is InChI=1S/C14H16FN3O2S/c1-11(2)18(10-12-5-3-7-16-9-12)21(19,20)14-13(15)6-4-8-17-14/h3-9,11H,10H2,1-2H3. The molecule has 0 aliphatic rings. The maximum atomic E-state index is 13.8. The van der Waals surface area contributed by atoms with E-state index >= 15 is 0 Å². The first-order chi connectivity index (χ1) is 9.93. The smallest absolute Gasteiger partial charge is 0.264 e. The predicted octanol–water partition coefficient (Wildman–Crippen LogP) is 2.21. The van der Waals surface area contributed by atoms with Gasteiger partial charge in [-0.25, -0.2) is 17.8 Å². The molecule has 2 aromatic heterocycles. The lowest BCUT2D eigenvalue weighted by molar-refractivity contribution is 0.344. The van der Waals surface area contributed by atoms with Crippen molar-refractivity contribution in [3.8, 4) is 0 Å². The minimum Gasteiger partial charge on any atom is -0.264 e. The summed E-state index contributed by atoms with van der Waals surface area (Å²) >= 11 is 0. The van der Waals surface area contributed by atoms with E-state index in [1.54, 1.807) is 38.4 Å². The summed E-state index contributed by atoms with van der Waals surface area (Å²) in [6.45, 7) is 3.58. The summed E-state index contributed by atoms with van der Waals surface area (Å²) in [5, 5.41) is -0.553. The fourth-order valence-electron chi connectivity index (χ4n) is 1.89. The zero-order valence-corrected chi connectivity index (χ0v) is 12.6. The highest BCUT2D eigenvalue weighted by atomic mass is 32.2. The average molecular weight is 309 g/mol. The molecule has 5 nitrogen and oxygen atoms in total. The molecule has 0 atom stereocenters. The van der Waals surface area contributed by atoms with E-state index in [4.69, 9.17) is 0 Å². The van der Waals surface area contributed by atoms with Gasteiger partial charge in [-0.2, -0.15) is 4.31 Å². The third-order valence-electron chi connectivity index (χ3n) is 2.91. The van der Waals surface area contributed by atoms with Crippen molar-refractivity contribution in [3.05, 3.63) is 54.2 Å². The summed E-state index contributed by atoms with van der Waals surface area (Å²) < 4.78 is 40.2. The Morgan fingerprint density at radius 1 is 1.24 bits per heavy atom. The number of halogens is 1. The van der Waals surface area contributed by atoms with E-state index in [1.165, 1.54) is 16.6 Å². The van der Waals surface area contributed by atoms with E-state index in [0.717, 1.165) is 11.6 Å². The van der Waals surface area contributed by atoms with Gasteiger partial charge in [0, 0.05) is 31.2 Å². The summed E-state index contributed by atoms with van der Waals surface area (Å²) in [7, 11) is -4.01. The Hall–Kier alpha value is -1.86. The number of rotatable bonds is 5. The van der Waals surface area contributed by atoms with Crippen molar-refractivity contribution >= 4 is 10.0 Å². The second kappa shape index (κ2) is 6.28. The van der Waals surface area contributed by atoms with E-state index in [0.29, 0.717) is 0 Å². The van der Waals surface area contributed by atoms with Crippen LogP contribution in [0.25, 0.3) is 0 Å². The fraction of sp³-hybridized carbons (Fsp3) is 0.286. The maximum Gasteiger partial charge on any atom is 0.264 e. The quantitative estimate of drug-likeness (QED) is 0.849. The Balaban J connectivity index is 2.40. The summed E-state index contributed by atoms with van der Waals surface area (Å²) in [5.41, 5.74) is 0.728. The molecule has 2 aromatic rings. The second-order valence-electron chi connectivity index (χ2n) is 4.80. The molecule has 0 fully saturated rings. The van der Waals surface area contributed by atoms with Crippen LogP contribution < -0.4 is 0 Å². The predicted molar refractivity (Wildman–Crippen MR) is 76.3 cm³/mol. The van der Waals surface area contributed by atoms with Crippen molar-refractivity contribution in [1.29, 1.82) is 0 Å².